The van der Waals surface area contributed by atoms with Crippen molar-refractivity contribution in [2.24, 2.45) is 0 Å². The Morgan fingerprint density at radius 3 is 1.67 bits per heavy atom. The van der Waals surface area contributed by atoms with Crippen molar-refractivity contribution in [3.05, 3.63) is 133 Å². The highest BCUT2D eigenvalue weighted by atomic mass is 28.3. The summed E-state index contributed by atoms with van der Waals surface area (Å²) < 4.78 is 0. The van der Waals surface area contributed by atoms with Crippen LogP contribution >= 0.6 is 0 Å². The van der Waals surface area contributed by atoms with Crippen LogP contribution in [-0.2, 0) is 0 Å². The van der Waals surface area contributed by atoms with Gasteiger partial charge in [0.1, 0.15) is 8.07 Å². The zero-order chi connectivity index (χ0) is 28.4. The molecule has 0 aliphatic carbocycles. The van der Waals surface area contributed by atoms with Crippen molar-refractivity contribution in [1.82, 2.24) is 0 Å². The van der Waals surface area contributed by atoms with E-state index >= 15 is 0 Å². The molecule has 9 aromatic rings. The number of rotatable bonds is 1. The minimum absolute atomic E-state index is 1.31. The molecule has 0 amide bonds. The molecule has 10 rings (SSSR count). The van der Waals surface area contributed by atoms with Gasteiger partial charge in [-0.3, -0.25) is 0 Å². The lowest BCUT2D eigenvalue weighted by atomic mass is 9.87. The Hall–Kier alpha value is -4.98. The van der Waals surface area contributed by atoms with Gasteiger partial charge in [0.15, 0.2) is 0 Å². The van der Waals surface area contributed by atoms with Gasteiger partial charge in [0.05, 0.1) is 0 Å². The van der Waals surface area contributed by atoms with Crippen molar-refractivity contribution in [3.8, 4) is 22.3 Å². The Balaban J connectivity index is 1.27. The zero-order valence-electron chi connectivity index (χ0n) is 24.2. The van der Waals surface area contributed by atoms with E-state index in [2.05, 4.69) is 147 Å². The van der Waals surface area contributed by atoms with Crippen LogP contribution < -0.4 is 10.4 Å². The minimum Gasteiger partial charge on any atom is -0.0616 e. The van der Waals surface area contributed by atoms with Crippen molar-refractivity contribution in [2.45, 2.75) is 13.1 Å². The molecule has 43 heavy (non-hydrogen) atoms. The van der Waals surface area contributed by atoms with Crippen molar-refractivity contribution in [2.75, 3.05) is 0 Å². The molecule has 0 radical (unpaired) electrons. The predicted molar refractivity (Wildman–Crippen MR) is 190 cm³/mol. The summed E-state index contributed by atoms with van der Waals surface area (Å²) in [7, 11) is -1.99. The zero-order valence-corrected chi connectivity index (χ0v) is 25.2. The van der Waals surface area contributed by atoms with Crippen LogP contribution in [0.3, 0.4) is 0 Å². The second kappa shape index (κ2) is 8.10. The average molecular weight is 561 g/mol. The van der Waals surface area contributed by atoms with Crippen molar-refractivity contribution in [1.29, 1.82) is 0 Å². The first-order valence-corrected chi connectivity index (χ1v) is 18.3. The van der Waals surface area contributed by atoms with Gasteiger partial charge < -0.3 is 0 Å². The van der Waals surface area contributed by atoms with E-state index in [1.165, 1.54) is 86.9 Å². The molecule has 0 N–H and O–H groups in total. The highest BCUT2D eigenvalue weighted by Crippen LogP contribution is 2.44. The molecule has 1 aliphatic heterocycles. The van der Waals surface area contributed by atoms with E-state index < -0.39 is 8.07 Å². The van der Waals surface area contributed by atoms with Crippen LogP contribution in [0.25, 0.3) is 86.9 Å². The standard InChI is InChI=1S/C42H28Si/c1-43(2)38-24-26(20-21-37(38)41-31-14-5-3-12-28(31)29-13-4-6-15-36(29)42(41)43)27-22-23-35-33-17-8-11-25-10-7-16-32(39(25)33)34-19-9-18-30(27)40(34)35/h3-24H,1-2H3. The van der Waals surface area contributed by atoms with Crippen LogP contribution in [0.1, 0.15) is 0 Å². The normalized spacial score (nSPS) is 14.0. The third kappa shape index (κ3) is 2.90. The molecule has 0 fully saturated rings. The van der Waals surface area contributed by atoms with Gasteiger partial charge in [0.25, 0.3) is 0 Å². The maximum atomic E-state index is 2.55. The highest BCUT2D eigenvalue weighted by Gasteiger charge is 2.40. The molecule has 0 unspecified atom stereocenters. The first-order chi connectivity index (χ1) is 21.1. The summed E-state index contributed by atoms with van der Waals surface area (Å²) in [5.41, 5.74) is 5.54. The van der Waals surface area contributed by atoms with Gasteiger partial charge in [0, 0.05) is 0 Å². The highest BCUT2D eigenvalue weighted by molar-refractivity contribution is 7.05. The Morgan fingerprint density at radius 1 is 0.395 bits per heavy atom. The molecule has 0 spiro atoms. The Kier molecular flexibility index (Phi) is 4.44. The first-order valence-electron chi connectivity index (χ1n) is 15.3. The van der Waals surface area contributed by atoms with E-state index in [9.17, 15) is 0 Å². The largest absolute Gasteiger partial charge is 0.114 e. The molecule has 0 nitrogen and oxygen atoms in total. The van der Waals surface area contributed by atoms with Crippen LogP contribution in [0.15, 0.2) is 133 Å². The molecule has 0 saturated heterocycles. The second-order valence-corrected chi connectivity index (χ2v) is 17.1. The van der Waals surface area contributed by atoms with E-state index in [1.807, 2.05) is 0 Å². The number of hydrogen-bond donors (Lipinski definition) is 0. The van der Waals surface area contributed by atoms with Gasteiger partial charge in [-0.25, -0.2) is 0 Å². The van der Waals surface area contributed by atoms with Crippen LogP contribution in [0.4, 0.5) is 0 Å². The second-order valence-electron chi connectivity index (χ2n) is 12.8. The fraction of sp³-hybridized carbons (Fsp3) is 0.0476. The summed E-state index contributed by atoms with van der Waals surface area (Å²) in [5, 5.41) is 19.5. The van der Waals surface area contributed by atoms with Crippen molar-refractivity contribution in [3.63, 3.8) is 0 Å². The van der Waals surface area contributed by atoms with Crippen LogP contribution in [0, 0.1) is 0 Å². The van der Waals surface area contributed by atoms with Crippen molar-refractivity contribution < 1.29 is 0 Å². The van der Waals surface area contributed by atoms with Gasteiger partial charge >= 0.3 is 0 Å². The molecule has 0 saturated carbocycles. The Labute approximate surface area is 251 Å². The summed E-state index contributed by atoms with van der Waals surface area (Å²) in [6.45, 7) is 5.11. The van der Waals surface area contributed by atoms with Crippen LogP contribution in [-0.4, -0.2) is 8.07 Å². The lowest BCUT2D eigenvalue weighted by Crippen LogP contribution is -2.49. The summed E-state index contributed by atoms with van der Waals surface area (Å²) in [6, 6.07) is 50.5. The average Bonchev–Trinajstić information content (AvgIpc) is 3.30. The van der Waals surface area contributed by atoms with Crippen molar-refractivity contribution >= 4 is 83.1 Å². The quantitative estimate of drug-likeness (QED) is 0.106. The molecule has 0 atom stereocenters. The topological polar surface area (TPSA) is 0 Å². The fourth-order valence-corrected chi connectivity index (χ4v) is 12.0. The van der Waals surface area contributed by atoms with E-state index in [0.717, 1.165) is 0 Å². The van der Waals surface area contributed by atoms with E-state index in [0.29, 0.717) is 0 Å². The lowest BCUT2D eigenvalue weighted by Gasteiger charge is -2.22. The molecule has 1 aliphatic rings. The van der Waals surface area contributed by atoms with Crippen LogP contribution in [0.5, 0.6) is 0 Å². The summed E-state index contributed by atoms with van der Waals surface area (Å²) in [6.07, 6.45) is 0. The minimum atomic E-state index is -1.99. The molecular formula is C42H28Si. The smallest absolute Gasteiger partial charge is 0.0616 e. The predicted octanol–water partition coefficient (Wildman–Crippen LogP) is 10.5. The molecule has 1 heterocycles. The van der Waals surface area contributed by atoms with Crippen LogP contribution in [0.2, 0.25) is 13.1 Å². The Morgan fingerprint density at radius 2 is 0.930 bits per heavy atom. The van der Waals surface area contributed by atoms with Gasteiger partial charge in [-0.15, -0.1) is 0 Å². The Bertz CT molecular complexity index is 2590. The van der Waals surface area contributed by atoms with Gasteiger partial charge in [0.2, 0.25) is 0 Å². The number of benzene rings is 9. The molecule has 9 aromatic carbocycles. The van der Waals surface area contributed by atoms with E-state index in [1.54, 1.807) is 10.4 Å². The lowest BCUT2D eigenvalue weighted by molar-refractivity contribution is 1.68. The SMILES string of the molecule is C[Si]1(C)c2cc(-c3ccc4c5cccc6cccc(c7cccc3c74)c65)ccc2-c2c1c1ccccc1c1ccccc21. The maximum absolute atomic E-state index is 2.55. The first kappa shape index (κ1) is 23.6. The maximum Gasteiger partial charge on any atom is 0.114 e. The molecule has 0 aromatic heterocycles. The van der Waals surface area contributed by atoms with E-state index in [-0.39, 0.29) is 0 Å². The number of fused-ring (bicyclic) bond motifs is 10. The molecular weight excluding hydrogens is 533 g/mol. The van der Waals surface area contributed by atoms with Gasteiger partial charge in [-0.1, -0.05) is 147 Å². The monoisotopic (exact) mass is 560 g/mol. The molecule has 200 valence electrons. The summed E-state index contributed by atoms with van der Waals surface area (Å²) in [5.74, 6) is 0. The number of hydrogen-bond acceptors (Lipinski definition) is 0. The van der Waals surface area contributed by atoms with E-state index in [4.69, 9.17) is 0 Å². The third-order valence-corrected chi connectivity index (χ3v) is 13.9. The third-order valence-electron chi connectivity index (χ3n) is 10.4. The van der Waals surface area contributed by atoms with Gasteiger partial charge in [-0.05, 0) is 97.3 Å². The molecule has 1 heteroatoms. The molecule has 0 bridgehead atoms. The summed E-state index contributed by atoms with van der Waals surface area (Å²) >= 11 is 0. The van der Waals surface area contributed by atoms with Gasteiger partial charge in [-0.2, -0.15) is 0 Å². The summed E-state index contributed by atoms with van der Waals surface area (Å²) in [4.78, 5) is 0. The fourth-order valence-electron chi connectivity index (χ4n) is 8.55.